The summed E-state index contributed by atoms with van der Waals surface area (Å²) in [5.74, 6) is 0.488. The first-order valence-electron chi connectivity index (χ1n) is 4.37. The number of benzene rings is 1. The van der Waals surface area contributed by atoms with E-state index in [2.05, 4.69) is 24.0 Å². The number of rotatable bonds is 2. The summed E-state index contributed by atoms with van der Waals surface area (Å²) in [7, 11) is 0. The predicted molar refractivity (Wildman–Crippen MR) is 69.1 cm³/mol. The minimum absolute atomic E-state index is 0. The molecule has 0 radical (unpaired) electrons. The number of halogens is 2. The Bertz CT molecular complexity index is 440. The summed E-state index contributed by atoms with van der Waals surface area (Å²) < 4.78 is 0. The van der Waals surface area contributed by atoms with Gasteiger partial charge in [-0.25, -0.2) is 4.98 Å². The number of alkyl halides is 1. The van der Waals surface area contributed by atoms with Crippen LogP contribution in [-0.2, 0) is 5.88 Å². The van der Waals surface area contributed by atoms with Gasteiger partial charge in [0.25, 0.3) is 0 Å². The maximum Gasteiger partial charge on any atom is 0.123 e. The molecule has 0 saturated heterocycles. The molecule has 2 rings (SSSR count). The third kappa shape index (κ3) is 2.71. The molecular weight excluding hydrogens is 249 g/mol. The molecule has 80 valence electrons. The molecule has 2 aromatic rings. The lowest BCUT2D eigenvalue weighted by Gasteiger charge is -1.99. The monoisotopic (exact) mass is 259 g/mol. The number of thiazole rings is 1. The standard InChI is InChI=1S/C11H10ClNS.ClH/c1-8-4-2-3-5-10(8)11-13-9(6-12)7-14-11;/h2-5,7H,6H2,1H3;1H. The van der Waals surface area contributed by atoms with E-state index in [9.17, 15) is 0 Å². The highest BCUT2D eigenvalue weighted by atomic mass is 35.5. The molecule has 0 bridgehead atoms. The number of aromatic nitrogens is 1. The molecule has 15 heavy (non-hydrogen) atoms. The van der Waals surface area contributed by atoms with Crippen molar-refractivity contribution < 1.29 is 0 Å². The largest absolute Gasteiger partial charge is 0.240 e. The van der Waals surface area contributed by atoms with Gasteiger partial charge in [-0.05, 0) is 12.5 Å². The third-order valence-electron chi connectivity index (χ3n) is 2.06. The van der Waals surface area contributed by atoms with Gasteiger partial charge in [0.05, 0.1) is 11.6 Å². The summed E-state index contributed by atoms with van der Waals surface area (Å²) >= 11 is 7.36. The minimum atomic E-state index is 0. The first kappa shape index (κ1) is 12.5. The summed E-state index contributed by atoms with van der Waals surface area (Å²) in [6.45, 7) is 2.09. The van der Waals surface area contributed by atoms with Crippen LogP contribution in [0.5, 0.6) is 0 Å². The molecule has 0 unspecified atom stereocenters. The Morgan fingerprint density at radius 2 is 2.07 bits per heavy atom. The number of hydrogen-bond acceptors (Lipinski definition) is 2. The van der Waals surface area contributed by atoms with Gasteiger partial charge in [-0.15, -0.1) is 35.3 Å². The first-order valence-corrected chi connectivity index (χ1v) is 5.79. The van der Waals surface area contributed by atoms with Gasteiger partial charge in [-0.1, -0.05) is 24.3 Å². The van der Waals surface area contributed by atoms with Crippen molar-refractivity contribution in [2.24, 2.45) is 0 Å². The molecule has 0 amide bonds. The lowest BCUT2D eigenvalue weighted by atomic mass is 10.1. The second-order valence-corrected chi connectivity index (χ2v) is 4.22. The zero-order chi connectivity index (χ0) is 9.97. The van der Waals surface area contributed by atoms with Gasteiger partial charge in [-0.3, -0.25) is 0 Å². The van der Waals surface area contributed by atoms with Crippen molar-refractivity contribution in [3.8, 4) is 10.6 Å². The SMILES string of the molecule is Cc1ccccc1-c1nc(CCl)cs1.Cl. The number of hydrogen-bond donors (Lipinski definition) is 0. The lowest BCUT2D eigenvalue weighted by molar-refractivity contribution is 1.23. The van der Waals surface area contributed by atoms with Crippen molar-refractivity contribution >= 4 is 35.3 Å². The zero-order valence-electron chi connectivity index (χ0n) is 8.24. The number of nitrogens with zero attached hydrogens (tertiary/aromatic N) is 1. The molecular formula is C11H11Cl2NS. The van der Waals surface area contributed by atoms with E-state index in [-0.39, 0.29) is 12.4 Å². The topological polar surface area (TPSA) is 12.9 Å². The molecule has 0 N–H and O–H groups in total. The van der Waals surface area contributed by atoms with E-state index in [1.807, 2.05) is 17.5 Å². The van der Waals surface area contributed by atoms with Crippen molar-refractivity contribution in [2.45, 2.75) is 12.8 Å². The Labute approximate surface area is 105 Å². The Morgan fingerprint density at radius 3 is 2.67 bits per heavy atom. The molecule has 0 aliphatic heterocycles. The van der Waals surface area contributed by atoms with Gasteiger partial charge < -0.3 is 0 Å². The molecule has 0 atom stereocenters. The van der Waals surface area contributed by atoms with Crippen molar-refractivity contribution in [1.29, 1.82) is 0 Å². The van der Waals surface area contributed by atoms with Crippen molar-refractivity contribution in [1.82, 2.24) is 4.98 Å². The summed E-state index contributed by atoms with van der Waals surface area (Å²) in [6, 6.07) is 8.25. The summed E-state index contributed by atoms with van der Waals surface area (Å²) in [5, 5.41) is 3.06. The zero-order valence-corrected chi connectivity index (χ0v) is 10.6. The van der Waals surface area contributed by atoms with Crippen molar-refractivity contribution in [3.63, 3.8) is 0 Å². The van der Waals surface area contributed by atoms with E-state index in [1.165, 1.54) is 11.1 Å². The molecule has 4 heteroatoms. The van der Waals surface area contributed by atoms with E-state index in [4.69, 9.17) is 11.6 Å². The van der Waals surface area contributed by atoms with Gasteiger partial charge in [0.15, 0.2) is 0 Å². The van der Waals surface area contributed by atoms with Gasteiger partial charge in [-0.2, -0.15) is 0 Å². The fraction of sp³-hybridized carbons (Fsp3) is 0.182. The van der Waals surface area contributed by atoms with E-state index < -0.39 is 0 Å². The maximum atomic E-state index is 5.71. The Hall–Kier alpha value is -0.570. The van der Waals surface area contributed by atoms with Crippen molar-refractivity contribution in [2.75, 3.05) is 0 Å². The average Bonchev–Trinajstić information content (AvgIpc) is 2.67. The quantitative estimate of drug-likeness (QED) is 0.734. The number of aryl methyl sites for hydroxylation is 1. The Kier molecular flexibility index (Phi) is 4.58. The average molecular weight is 260 g/mol. The van der Waals surface area contributed by atoms with Gasteiger partial charge in [0, 0.05) is 10.9 Å². The van der Waals surface area contributed by atoms with Crippen LogP contribution in [-0.4, -0.2) is 4.98 Å². The normalized spacial score (nSPS) is 9.73. The highest BCUT2D eigenvalue weighted by Crippen LogP contribution is 2.26. The van der Waals surface area contributed by atoms with E-state index in [0.29, 0.717) is 5.88 Å². The highest BCUT2D eigenvalue weighted by Gasteiger charge is 2.05. The molecule has 1 nitrogen and oxygen atoms in total. The van der Waals surface area contributed by atoms with E-state index in [0.717, 1.165) is 10.7 Å². The fourth-order valence-electron chi connectivity index (χ4n) is 1.30. The second-order valence-electron chi connectivity index (χ2n) is 3.09. The summed E-state index contributed by atoms with van der Waals surface area (Å²) in [4.78, 5) is 4.45. The van der Waals surface area contributed by atoms with Crippen LogP contribution < -0.4 is 0 Å². The highest BCUT2D eigenvalue weighted by molar-refractivity contribution is 7.13. The first-order chi connectivity index (χ1) is 6.81. The maximum absolute atomic E-state index is 5.71. The fourth-order valence-corrected chi connectivity index (χ4v) is 2.44. The minimum Gasteiger partial charge on any atom is -0.240 e. The van der Waals surface area contributed by atoms with E-state index >= 15 is 0 Å². The van der Waals surface area contributed by atoms with Gasteiger partial charge in [0.1, 0.15) is 5.01 Å². The van der Waals surface area contributed by atoms with Crippen LogP contribution in [0.1, 0.15) is 11.3 Å². The third-order valence-corrected chi connectivity index (χ3v) is 3.26. The molecule has 0 aliphatic carbocycles. The smallest absolute Gasteiger partial charge is 0.123 e. The molecule has 1 heterocycles. The van der Waals surface area contributed by atoms with Crippen LogP contribution in [0, 0.1) is 6.92 Å². The van der Waals surface area contributed by atoms with Gasteiger partial charge >= 0.3 is 0 Å². The summed E-state index contributed by atoms with van der Waals surface area (Å²) in [5.41, 5.74) is 3.41. The Balaban J connectivity index is 0.00000112. The molecule has 0 spiro atoms. The van der Waals surface area contributed by atoms with Crippen LogP contribution >= 0.6 is 35.3 Å². The van der Waals surface area contributed by atoms with Crippen LogP contribution in [0.15, 0.2) is 29.6 Å². The van der Waals surface area contributed by atoms with Crippen LogP contribution in [0.3, 0.4) is 0 Å². The summed E-state index contributed by atoms with van der Waals surface area (Å²) in [6.07, 6.45) is 0. The van der Waals surface area contributed by atoms with Crippen LogP contribution in [0.25, 0.3) is 10.6 Å². The van der Waals surface area contributed by atoms with E-state index in [1.54, 1.807) is 11.3 Å². The van der Waals surface area contributed by atoms with Crippen LogP contribution in [0.2, 0.25) is 0 Å². The molecule has 0 saturated carbocycles. The van der Waals surface area contributed by atoms with Crippen LogP contribution in [0.4, 0.5) is 0 Å². The molecule has 0 aliphatic rings. The van der Waals surface area contributed by atoms with Gasteiger partial charge in [0.2, 0.25) is 0 Å². The second kappa shape index (κ2) is 5.50. The Morgan fingerprint density at radius 1 is 1.33 bits per heavy atom. The molecule has 0 fully saturated rings. The lowest BCUT2D eigenvalue weighted by Crippen LogP contribution is -1.82. The predicted octanol–water partition coefficient (Wildman–Crippen LogP) is 4.28. The molecule has 1 aromatic carbocycles. The molecule has 1 aromatic heterocycles. The van der Waals surface area contributed by atoms with Crippen molar-refractivity contribution in [3.05, 3.63) is 40.9 Å².